The standard InChI is InChI=1S/Cr.FH2O2P/c;1-4(2)3/h;2-3H. The van der Waals surface area contributed by atoms with Gasteiger partial charge in [0.25, 0.3) is 0 Å². The summed E-state index contributed by atoms with van der Waals surface area (Å²) in [4.78, 5) is 14.0. The smallest absolute Gasteiger partial charge is 0.325 e. The molecule has 0 aromatic rings. The van der Waals surface area contributed by atoms with Gasteiger partial charge < -0.3 is 9.79 Å². The third-order valence-corrected chi connectivity index (χ3v) is 0. The average Bonchev–Trinajstić information content (AvgIpc) is 0.811. The number of halogens is 1. The molecule has 5 heavy (non-hydrogen) atoms. The molecule has 0 heterocycles. The Labute approximate surface area is 40.8 Å². The first-order chi connectivity index (χ1) is 1.73. The zero-order valence-electron chi connectivity index (χ0n) is 2.13. The predicted octanol–water partition coefficient (Wildman–Crippen LogP) is 0.165. The van der Waals surface area contributed by atoms with E-state index in [1.165, 1.54) is 0 Å². The second kappa shape index (κ2) is 4.81. The molecule has 0 atom stereocenters. The van der Waals surface area contributed by atoms with Gasteiger partial charge in [0.1, 0.15) is 0 Å². The second-order valence-electron chi connectivity index (χ2n) is 0.241. The molecule has 0 saturated heterocycles. The Kier molecular flexibility index (Phi) is 8.91. The molecule has 5 heteroatoms. The Morgan fingerprint density at radius 3 is 1.40 bits per heavy atom. The molecule has 0 rings (SSSR count). The number of hydrogen-bond acceptors (Lipinski definition) is 2. The van der Waals surface area contributed by atoms with Crippen LogP contribution in [0, 0.1) is 0 Å². The molecule has 0 amide bonds. The van der Waals surface area contributed by atoms with E-state index in [9.17, 15) is 4.20 Å². The van der Waals surface area contributed by atoms with Crippen LogP contribution in [0.2, 0.25) is 0 Å². The molecule has 0 aromatic carbocycles. The van der Waals surface area contributed by atoms with E-state index in [2.05, 4.69) is 0 Å². The fraction of sp³-hybridized carbons (Fsp3) is 0. The minimum absolute atomic E-state index is 0. The minimum Gasteiger partial charge on any atom is -0.325 e. The van der Waals surface area contributed by atoms with Crippen molar-refractivity contribution in [2.24, 2.45) is 0 Å². The molecule has 0 unspecified atom stereocenters. The van der Waals surface area contributed by atoms with Crippen LogP contribution in [0.15, 0.2) is 0 Å². The van der Waals surface area contributed by atoms with Crippen molar-refractivity contribution >= 4 is 8.69 Å². The van der Waals surface area contributed by atoms with Crippen LogP contribution in [0.3, 0.4) is 0 Å². The molecule has 0 bridgehead atoms. The van der Waals surface area contributed by atoms with Gasteiger partial charge >= 0.3 is 8.69 Å². The molecule has 0 radical (unpaired) electrons. The summed E-state index contributed by atoms with van der Waals surface area (Å²) in [5, 5.41) is 0. The van der Waals surface area contributed by atoms with Gasteiger partial charge in [-0.25, -0.2) is 0 Å². The molecule has 0 aliphatic carbocycles. The Morgan fingerprint density at radius 2 is 1.40 bits per heavy atom. The van der Waals surface area contributed by atoms with E-state index in [4.69, 9.17) is 9.79 Å². The maximum atomic E-state index is 10.2. The molecule has 0 aliphatic heterocycles. The van der Waals surface area contributed by atoms with Crippen molar-refractivity contribution in [3.8, 4) is 0 Å². The molecule has 32 valence electrons. The predicted molar refractivity (Wildman–Crippen MR) is 12.5 cm³/mol. The van der Waals surface area contributed by atoms with Gasteiger partial charge in [0.05, 0.1) is 0 Å². The van der Waals surface area contributed by atoms with E-state index in [0.29, 0.717) is 0 Å². The first-order valence-electron chi connectivity index (χ1n) is 0.569. The van der Waals surface area contributed by atoms with Crippen molar-refractivity contribution in [3.63, 3.8) is 0 Å². The van der Waals surface area contributed by atoms with Crippen molar-refractivity contribution in [2.45, 2.75) is 0 Å². The van der Waals surface area contributed by atoms with Gasteiger partial charge in [-0.1, -0.05) is 0 Å². The van der Waals surface area contributed by atoms with Gasteiger partial charge in [0.2, 0.25) is 0 Å². The maximum absolute atomic E-state index is 10.2. The van der Waals surface area contributed by atoms with Crippen LogP contribution in [0.25, 0.3) is 0 Å². The quantitative estimate of drug-likeness (QED) is 0.466. The summed E-state index contributed by atoms with van der Waals surface area (Å²) in [7, 11) is -3.12. The summed E-state index contributed by atoms with van der Waals surface area (Å²) in [6, 6.07) is 0. The van der Waals surface area contributed by atoms with Crippen molar-refractivity contribution in [2.75, 3.05) is 0 Å². The molecule has 0 aliphatic rings. The third-order valence-electron chi connectivity index (χ3n) is 0. The summed E-state index contributed by atoms with van der Waals surface area (Å²) >= 11 is 0. The number of hydrogen-bond donors (Lipinski definition) is 2. The Morgan fingerprint density at radius 1 is 1.40 bits per heavy atom. The van der Waals surface area contributed by atoms with E-state index in [-0.39, 0.29) is 17.4 Å². The molecular weight excluding hydrogens is 134 g/mol. The average molecular weight is 136 g/mol. The maximum Gasteiger partial charge on any atom is 0.369 e. The monoisotopic (exact) mass is 136 g/mol. The Balaban J connectivity index is 0. The van der Waals surface area contributed by atoms with Crippen LogP contribution in [0.4, 0.5) is 4.20 Å². The molecule has 2 nitrogen and oxygen atoms in total. The summed E-state index contributed by atoms with van der Waals surface area (Å²) in [6.45, 7) is 0. The summed E-state index contributed by atoms with van der Waals surface area (Å²) < 4.78 is 10.2. The third kappa shape index (κ3) is 57.7. The van der Waals surface area contributed by atoms with Crippen LogP contribution in [0.1, 0.15) is 0 Å². The van der Waals surface area contributed by atoms with Gasteiger partial charge in [-0.05, 0) is 0 Å². The zero-order valence-corrected chi connectivity index (χ0v) is 4.30. The Bertz CT molecular complexity index is 14.4. The van der Waals surface area contributed by atoms with Crippen molar-refractivity contribution < 1.29 is 31.3 Å². The SMILES string of the molecule is OP(O)F.[Cr]. The van der Waals surface area contributed by atoms with E-state index in [1.807, 2.05) is 0 Å². The zero-order chi connectivity index (χ0) is 3.58. The molecule has 0 spiro atoms. The fourth-order valence-electron chi connectivity index (χ4n) is 0. The van der Waals surface area contributed by atoms with Crippen LogP contribution in [0.5, 0.6) is 0 Å². The van der Waals surface area contributed by atoms with Crippen LogP contribution < -0.4 is 0 Å². The number of rotatable bonds is 0. The topological polar surface area (TPSA) is 40.5 Å². The van der Waals surface area contributed by atoms with Crippen LogP contribution >= 0.6 is 8.69 Å². The van der Waals surface area contributed by atoms with Crippen LogP contribution in [-0.4, -0.2) is 9.79 Å². The van der Waals surface area contributed by atoms with E-state index in [0.717, 1.165) is 0 Å². The molecular formula is H2CrFO2P. The van der Waals surface area contributed by atoms with Crippen molar-refractivity contribution in [1.82, 2.24) is 0 Å². The van der Waals surface area contributed by atoms with Gasteiger partial charge in [-0.2, -0.15) is 4.20 Å². The largest absolute Gasteiger partial charge is 0.369 e. The van der Waals surface area contributed by atoms with E-state index < -0.39 is 8.69 Å². The first-order valence-corrected chi connectivity index (χ1v) is 1.71. The minimum atomic E-state index is -3.12. The normalized spacial score (nSPS) is 7.20. The summed E-state index contributed by atoms with van der Waals surface area (Å²) in [6.07, 6.45) is 0. The van der Waals surface area contributed by atoms with Crippen molar-refractivity contribution in [1.29, 1.82) is 0 Å². The van der Waals surface area contributed by atoms with Crippen LogP contribution in [-0.2, 0) is 17.4 Å². The second-order valence-corrected chi connectivity index (χ2v) is 0.722. The van der Waals surface area contributed by atoms with Gasteiger partial charge in [0, 0.05) is 17.4 Å². The van der Waals surface area contributed by atoms with Crippen molar-refractivity contribution in [3.05, 3.63) is 0 Å². The molecule has 0 saturated carbocycles. The van der Waals surface area contributed by atoms with Gasteiger partial charge in [-0.15, -0.1) is 0 Å². The van der Waals surface area contributed by atoms with Gasteiger partial charge in [0.15, 0.2) is 0 Å². The summed E-state index contributed by atoms with van der Waals surface area (Å²) in [5.41, 5.74) is 0. The molecule has 0 aromatic heterocycles. The van der Waals surface area contributed by atoms with E-state index >= 15 is 0 Å². The van der Waals surface area contributed by atoms with Gasteiger partial charge in [-0.3, -0.25) is 0 Å². The molecule has 2 N–H and O–H groups in total. The fourth-order valence-corrected chi connectivity index (χ4v) is 0. The molecule has 0 fully saturated rings. The summed E-state index contributed by atoms with van der Waals surface area (Å²) in [5.74, 6) is 0. The first kappa shape index (κ1) is 9.26. The Hall–Kier alpha value is 0.812. The van der Waals surface area contributed by atoms with E-state index in [1.54, 1.807) is 0 Å².